The van der Waals surface area contributed by atoms with Gasteiger partial charge in [-0.3, -0.25) is 4.79 Å². The Morgan fingerprint density at radius 1 is 1.12 bits per heavy atom. The quantitative estimate of drug-likeness (QED) is 0.313. The van der Waals surface area contributed by atoms with Gasteiger partial charge in [0.15, 0.2) is 0 Å². The number of halogens is 2. The Hall–Kier alpha value is -0.870. The highest BCUT2D eigenvalue weighted by molar-refractivity contribution is 9.10. The number of alkyl halides is 1. The number of carbonyl (C=O) groups is 1. The van der Waals surface area contributed by atoms with Crippen molar-refractivity contribution in [1.82, 2.24) is 0 Å². The number of rotatable bonds is 2. The fourth-order valence-corrected chi connectivity index (χ4v) is 7.25. The highest BCUT2D eigenvalue weighted by atomic mass is 79.9. The summed E-state index contributed by atoms with van der Waals surface area (Å²) in [6.07, 6.45) is 1.94. The zero-order valence-electron chi connectivity index (χ0n) is 14.0. The molecule has 0 heterocycles. The fraction of sp³-hybridized carbons (Fsp3) is 0.450. The third kappa shape index (κ3) is 1.74. The van der Waals surface area contributed by atoms with Crippen molar-refractivity contribution in [2.45, 2.75) is 38.4 Å². The van der Waals surface area contributed by atoms with Crippen molar-refractivity contribution < 1.29 is 9.53 Å². The summed E-state index contributed by atoms with van der Waals surface area (Å²) in [6.45, 7) is 6.68. The van der Waals surface area contributed by atoms with E-state index in [9.17, 15) is 4.79 Å². The van der Waals surface area contributed by atoms with Gasteiger partial charge in [0.2, 0.25) is 0 Å². The fourth-order valence-electron chi connectivity index (χ4n) is 4.89. The number of esters is 1. The summed E-state index contributed by atoms with van der Waals surface area (Å²) in [5.74, 6) is 0.490. The Balaban J connectivity index is 1.70. The molecule has 5 rings (SSSR count). The smallest absolute Gasteiger partial charge is 0.319 e. The molecule has 2 aromatic rings. The van der Waals surface area contributed by atoms with E-state index < -0.39 is 5.41 Å². The first-order valence-electron chi connectivity index (χ1n) is 8.29. The summed E-state index contributed by atoms with van der Waals surface area (Å²) in [5, 5.41) is 2.18. The van der Waals surface area contributed by atoms with Crippen molar-refractivity contribution in [3.05, 3.63) is 40.9 Å². The van der Waals surface area contributed by atoms with Gasteiger partial charge in [0.25, 0.3) is 0 Å². The molecule has 3 fully saturated rings. The number of hydrogen-bond donors (Lipinski definition) is 0. The van der Waals surface area contributed by atoms with Crippen LogP contribution in [0.1, 0.15) is 33.6 Å². The zero-order chi connectivity index (χ0) is 17.3. The van der Waals surface area contributed by atoms with Crippen LogP contribution < -0.4 is 4.74 Å². The van der Waals surface area contributed by atoms with E-state index in [-0.39, 0.29) is 21.6 Å². The average Bonchev–Trinajstić information content (AvgIpc) is 2.97. The molecule has 2 aromatic carbocycles. The van der Waals surface area contributed by atoms with E-state index in [0.29, 0.717) is 5.75 Å². The molecular formula is C20H20Br2O2. The van der Waals surface area contributed by atoms with Crippen molar-refractivity contribution in [1.29, 1.82) is 0 Å². The lowest BCUT2D eigenvalue weighted by molar-refractivity contribution is -0.176. The lowest BCUT2D eigenvalue weighted by Crippen LogP contribution is -2.68. The van der Waals surface area contributed by atoms with Crippen LogP contribution in [0.5, 0.6) is 5.75 Å². The summed E-state index contributed by atoms with van der Waals surface area (Å²) in [4.78, 5) is 13.3. The number of carbonyl (C=O) groups excluding carboxylic acids is 1. The number of benzene rings is 2. The van der Waals surface area contributed by atoms with E-state index >= 15 is 0 Å². The maximum Gasteiger partial charge on any atom is 0.319 e. The van der Waals surface area contributed by atoms with Crippen LogP contribution in [0.2, 0.25) is 0 Å². The summed E-state index contributed by atoms with van der Waals surface area (Å²) in [7, 11) is 0. The van der Waals surface area contributed by atoms with Crippen molar-refractivity contribution in [2.75, 3.05) is 0 Å². The molecule has 0 aliphatic heterocycles. The molecular weight excluding hydrogens is 432 g/mol. The van der Waals surface area contributed by atoms with Gasteiger partial charge in [0.05, 0.1) is 9.89 Å². The predicted octanol–water partition coefficient (Wildman–Crippen LogP) is 6.10. The molecule has 3 aliphatic rings. The molecule has 3 atom stereocenters. The molecule has 126 valence electrons. The molecule has 3 aliphatic carbocycles. The molecule has 3 saturated carbocycles. The van der Waals surface area contributed by atoms with Crippen LogP contribution in [0.4, 0.5) is 0 Å². The van der Waals surface area contributed by atoms with Crippen molar-refractivity contribution >= 4 is 48.6 Å². The maximum absolute atomic E-state index is 13.2. The standard InChI is InChI=1S/C20H20Br2O2/c1-18(2)19(3)10-11-20(18,16(19)22)17(23)24-14-9-8-12-6-4-5-7-13(12)15(14)21/h4-9,16H,10-11H2,1-3H3. The van der Waals surface area contributed by atoms with E-state index in [1.54, 1.807) is 0 Å². The molecule has 0 spiro atoms. The van der Waals surface area contributed by atoms with Gasteiger partial charge in [-0.05, 0) is 56.4 Å². The van der Waals surface area contributed by atoms with Crippen LogP contribution in [0, 0.1) is 16.2 Å². The number of ether oxygens (including phenoxy) is 1. The van der Waals surface area contributed by atoms with Crippen LogP contribution >= 0.6 is 31.9 Å². The van der Waals surface area contributed by atoms with Gasteiger partial charge in [-0.2, -0.15) is 0 Å². The van der Waals surface area contributed by atoms with E-state index in [4.69, 9.17) is 4.74 Å². The summed E-state index contributed by atoms with van der Waals surface area (Å²) in [6, 6.07) is 12.0. The molecule has 0 N–H and O–H groups in total. The minimum Gasteiger partial charge on any atom is -0.425 e. The number of fused-ring (bicyclic) bond motifs is 2. The van der Waals surface area contributed by atoms with Gasteiger partial charge in [0.1, 0.15) is 5.75 Å². The lowest BCUT2D eigenvalue weighted by Gasteiger charge is -2.63. The lowest BCUT2D eigenvalue weighted by atomic mass is 9.43. The SMILES string of the molecule is CC12CCC(C(=O)Oc3ccc4ccccc4c3Br)(C1Br)C2(C)C. The van der Waals surface area contributed by atoms with Crippen molar-refractivity contribution in [3.8, 4) is 5.75 Å². The van der Waals surface area contributed by atoms with Gasteiger partial charge in [0, 0.05) is 4.83 Å². The molecule has 2 nitrogen and oxygen atoms in total. The summed E-state index contributed by atoms with van der Waals surface area (Å²) >= 11 is 7.42. The summed E-state index contributed by atoms with van der Waals surface area (Å²) in [5.41, 5.74) is -0.339. The molecule has 2 bridgehead atoms. The molecule has 3 unspecified atom stereocenters. The first-order valence-corrected chi connectivity index (χ1v) is 10.0. The van der Waals surface area contributed by atoms with Crippen molar-refractivity contribution in [2.24, 2.45) is 16.2 Å². The second kappa shape index (κ2) is 5.07. The van der Waals surface area contributed by atoms with Gasteiger partial charge < -0.3 is 4.74 Å². The van der Waals surface area contributed by atoms with Crippen LogP contribution in [0.25, 0.3) is 10.8 Å². The monoisotopic (exact) mass is 450 g/mol. The van der Waals surface area contributed by atoms with Gasteiger partial charge >= 0.3 is 5.97 Å². The van der Waals surface area contributed by atoms with E-state index in [1.807, 2.05) is 30.3 Å². The first-order chi connectivity index (χ1) is 11.3. The van der Waals surface area contributed by atoms with Gasteiger partial charge in [-0.25, -0.2) is 0 Å². The predicted molar refractivity (Wildman–Crippen MR) is 104 cm³/mol. The third-order valence-electron chi connectivity index (χ3n) is 6.97. The number of hydrogen-bond acceptors (Lipinski definition) is 2. The highest BCUT2D eigenvalue weighted by Crippen LogP contribution is 2.80. The van der Waals surface area contributed by atoms with Crippen LogP contribution in [0.3, 0.4) is 0 Å². The van der Waals surface area contributed by atoms with E-state index in [0.717, 1.165) is 28.1 Å². The maximum atomic E-state index is 13.2. The molecule has 0 aromatic heterocycles. The normalized spacial score (nSPS) is 33.3. The Kier molecular flexibility index (Phi) is 3.51. The third-order valence-corrected chi connectivity index (χ3v) is 9.58. The van der Waals surface area contributed by atoms with Crippen LogP contribution in [0.15, 0.2) is 40.9 Å². The molecule has 0 amide bonds. The van der Waals surface area contributed by atoms with Gasteiger partial charge in [-0.15, -0.1) is 0 Å². The summed E-state index contributed by atoms with van der Waals surface area (Å²) < 4.78 is 6.76. The van der Waals surface area contributed by atoms with E-state index in [1.165, 1.54) is 0 Å². The van der Waals surface area contributed by atoms with Crippen LogP contribution in [-0.4, -0.2) is 10.8 Å². The Morgan fingerprint density at radius 2 is 1.83 bits per heavy atom. The second-order valence-corrected chi connectivity index (χ2v) is 9.57. The first kappa shape index (κ1) is 16.6. The van der Waals surface area contributed by atoms with Crippen molar-refractivity contribution in [3.63, 3.8) is 0 Å². The minimum absolute atomic E-state index is 0.0609. The molecule has 0 radical (unpaired) electrons. The largest absolute Gasteiger partial charge is 0.425 e. The topological polar surface area (TPSA) is 26.3 Å². The molecule has 4 heteroatoms. The molecule has 0 saturated heterocycles. The highest BCUT2D eigenvalue weighted by Gasteiger charge is 2.80. The van der Waals surface area contributed by atoms with Gasteiger partial charge in [-0.1, -0.05) is 67.0 Å². The Bertz CT molecular complexity index is 860. The second-order valence-electron chi connectivity index (χ2n) is 7.86. The zero-order valence-corrected chi connectivity index (χ0v) is 17.2. The molecule has 24 heavy (non-hydrogen) atoms. The van der Waals surface area contributed by atoms with Crippen LogP contribution in [-0.2, 0) is 4.79 Å². The van der Waals surface area contributed by atoms with E-state index in [2.05, 4.69) is 58.7 Å². The average molecular weight is 452 g/mol. The Labute approximate surface area is 159 Å². The Morgan fingerprint density at radius 3 is 2.46 bits per heavy atom. The minimum atomic E-state index is -0.438.